The van der Waals surface area contributed by atoms with Crippen LogP contribution in [0.2, 0.25) is 0 Å². The summed E-state index contributed by atoms with van der Waals surface area (Å²) in [6.45, 7) is 1.87. The maximum absolute atomic E-state index is 12.4. The number of Topliss-reactive ketones (excluding diaryl/α,β-unsaturated/α-hetero) is 1. The summed E-state index contributed by atoms with van der Waals surface area (Å²) in [5, 5.41) is -0.0871. The van der Waals surface area contributed by atoms with Gasteiger partial charge in [-0.05, 0) is 18.6 Å². The molecule has 4 heteroatoms. The first-order valence-corrected chi connectivity index (χ1v) is 7.36. The van der Waals surface area contributed by atoms with Crippen LogP contribution < -0.4 is 0 Å². The maximum Gasteiger partial charge on any atom is 0.178 e. The second kappa shape index (κ2) is 6.38. The number of rotatable bonds is 5. The van der Waals surface area contributed by atoms with Crippen LogP contribution in [0.5, 0.6) is 0 Å². The summed E-state index contributed by atoms with van der Waals surface area (Å²) >= 11 is 0. The van der Waals surface area contributed by atoms with E-state index in [-0.39, 0.29) is 5.78 Å². The van der Waals surface area contributed by atoms with Gasteiger partial charge in [0.15, 0.2) is 5.78 Å². The number of hydrogen-bond acceptors (Lipinski definition) is 3. The van der Waals surface area contributed by atoms with Gasteiger partial charge in [-0.2, -0.15) is 0 Å². The van der Waals surface area contributed by atoms with Crippen LogP contribution in [0.3, 0.4) is 0 Å². The molecule has 19 heavy (non-hydrogen) atoms. The highest BCUT2D eigenvalue weighted by Crippen LogP contribution is 2.16. The summed E-state index contributed by atoms with van der Waals surface area (Å²) in [5.41, 5.74) is 0.596. The molecule has 0 amide bonds. The van der Waals surface area contributed by atoms with Crippen molar-refractivity contribution in [3.05, 3.63) is 60.3 Å². The zero-order valence-corrected chi connectivity index (χ0v) is 11.5. The SMILES string of the molecule is CCC(C(=O)c1ccccc1)S(=O)c1ccccn1. The molecule has 0 aliphatic carbocycles. The third kappa shape index (κ3) is 3.15. The summed E-state index contributed by atoms with van der Waals surface area (Å²) in [6.07, 6.45) is 2.11. The predicted octanol–water partition coefficient (Wildman–Crippen LogP) is 2.85. The third-order valence-electron chi connectivity index (χ3n) is 2.82. The van der Waals surface area contributed by atoms with Gasteiger partial charge in [-0.1, -0.05) is 43.3 Å². The van der Waals surface area contributed by atoms with E-state index >= 15 is 0 Å². The Balaban J connectivity index is 2.26. The van der Waals surface area contributed by atoms with Crippen molar-refractivity contribution < 1.29 is 9.00 Å². The van der Waals surface area contributed by atoms with Crippen molar-refractivity contribution in [1.29, 1.82) is 0 Å². The van der Waals surface area contributed by atoms with Gasteiger partial charge in [-0.25, -0.2) is 4.98 Å². The van der Waals surface area contributed by atoms with Crippen molar-refractivity contribution in [2.24, 2.45) is 0 Å². The molecule has 3 nitrogen and oxygen atoms in total. The van der Waals surface area contributed by atoms with Gasteiger partial charge >= 0.3 is 0 Å². The molecule has 2 atom stereocenters. The number of hydrogen-bond donors (Lipinski definition) is 0. The molecule has 2 unspecified atom stereocenters. The minimum atomic E-state index is -1.41. The molecule has 0 radical (unpaired) electrons. The summed E-state index contributed by atoms with van der Waals surface area (Å²) < 4.78 is 12.4. The predicted molar refractivity (Wildman–Crippen MR) is 75.5 cm³/mol. The van der Waals surface area contributed by atoms with E-state index in [2.05, 4.69) is 4.98 Å². The number of benzene rings is 1. The van der Waals surface area contributed by atoms with E-state index in [1.165, 1.54) is 0 Å². The molecule has 0 bridgehead atoms. The first-order chi connectivity index (χ1) is 9.24. The lowest BCUT2D eigenvalue weighted by atomic mass is 10.1. The molecule has 0 aliphatic heterocycles. The Labute approximate surface area is 115 Å². The molecule has 0 saturated heterocycles. The van der Waals surface area contributed by atoms with Gasteiger partial charge in [0.25, 0.3) is 0 Å². The molecule has 0 fully saturated rings. The summed E-state index contributed by atoms with van der Waals surface area (Å²) in [5.74, 6) is -0.0907. The number of pyridine rings is 1. The highest BCUT2D eigenvalue weighted by atomic mass is 32.2. The van der Waals surface area contributed by atoms with E-state index < -0.39 is 16.0 Å². The normalized spacial score (nSPS) is 13.7. The van der Waals surface area contributed by atoms with E-state index in [0.717, 1.165) is 0 Å². The van der Waals surface area contributed by atoms with Crippen LogP contribution >= 0.6 is 0 Å². The first-order valence-electron chi connectivity index (χ1n) is 6.15. The summed E-state index contributed by atoms with van der Waals surface area (Å²) in [7, 11) is -1.41. The molecule has 0 saturated carbocycles. The van der Waals surface area contributed by atoms with Gasteiger partial charge in [-0.15, -0.1) is 0 Å². The molecule has 0 spiro atoms. The minimum absolute atomic E-state index is 0.0907. The molecule has 1 aromatic heterocycles. The second-order valence-electron chi connectivity index (χ2n) is 4.09. The van der Waals surface area contributed by atoms with Crippen LogP contribution in [0.15, 0.2) is 59.8 Å². The molecular formula is C15H15NO2S. The molecule has 2 rings (SSSR count). The number of carbonyl (C=O) groups excluding carboxylic acids is 1. The van der Waals surface area contributed by atoms with Gasteiger partial charge < -0.3 is 0 Å². The highest BCUT2D eigenvalue weighted by molar-refractivity contribution is 7.86. The number of ketones is 1. The lowest BCUT2D eigenvalue weighted by Gasteiger charge is -2.12. The maximum atomic E-state index is 12.4. The molecule has 0 aliphatic rings. The zero-order chi connectivity index (χ0) is 13.7. The van der Waals surface area contributed by atoms with Crippen molar-refractivity contribution in [2.75, 3.05) is 0 Å². The van der Waals surface area contributed by atoms with Crippen molar-refractivity contribution in [2.45, 2.75) is 23.6 Å². The van der Waals surface area contributed by atoms with E-state index in [9.17, 15) is 9.00 Å². The van der Waals surface area contributed by atoms with Crippen LogP contribution in [0.1, 0.15) is 23.7 Å². The molecular weight excluding hydrogens is 258 g/mol. The highest BCUT2D eigenvalue weighted by Gasteiger charge is 2.26. The van der Waals surface area contributed by atoms with E-state index in [0.29, 0.717) is 17.0 Å². The lowest BCUT2D eigenvalue weighted by molar-refractivity contribution is 0.0986. The van der Waals surface area contributed by atoms with Gasteiger partial charge in [0.05, 0.1) is 10.8 Å². The molecule has 98 valence electrons. The van der Waals surface area contributed by atoms with E-state index in [4.69, 9.17) is 0 Å². The fourth-order valence-corrected chi connectivity index (χ4v) is 3.14. The monoisotopic (exact) mass is 273 g/mol. The Kier molecular flexibility index (Phi) is 4.58. The van der Waals surface area contributed by atoms with Crippen molar-refractivity contribution in [3.8, 4) is 0 Å². The average molecular weight is 273 g/mol. The molecule has 2 aromatic rings. The number of nitrogens with zero attached hydrogens (tertiary/aromatic N) is 1. The van der Waals surface area contributed by atoms with Crippen LogP contribution in [-0.2, 0) is 10.8 Å². The Bertz CT molecular complexity index is 518. The topological polar surface area (TPSA) is 47.0 Å². The Morgan fingerprint density at radius 1 is 1.16 bits per heavy atom. The van der Waals surface area contributed by atoms with E-state index in [1.54, 1.807) is 36.5 Å². The number of carbonyl (C=O) groups is 1. The average Bonchev–Trinajstić information content (AvgIpc) is 2.49. The van der Waals surface area contributed by atoms with Gasteiger partial charge in [-0.3, -0.25) is 9.00 Å². The van der Waals surface area contributed by atoms with Crippen LogP contribution in [-0.4, -0.2) is 20.2 Å². The van der Waals surface area contributed by atoms with Crippen LogP contribution in [0.25, 0.3) is 0 Å². The Morgan fingerprint density at radius 2 is 1.84 bits per heavy atom. The molecule has 0 N–H and O–H groups in total. The minimum Gasteiger partial charge on any atom is -0.293 e. The Morgan fingerprint density at radius 3 is 2.42 bits per heavy atom. The zero-order valence-electron chi connectivity index (χ0n) is 10.7. The smallest absolute Gasteiger partial charge is 0.178 e. The van der Waals surface area contributed by atoms with Crippen molar-refractivity contribution in [1.82, 2.24) is 4.98 Å². The fourth-order valence-electron chi connectivity index (χ4n) is 1.83. The van der Waals surface area contributed by atoms with Gasteiger partial charge in [0, 0.05) is 11.8 Å². The summed E-state index contributed by atoms with van der Waals surface area (Å²) in [6, 6.07) is 14.2. The van der Waals surface area contributed by atoms with Gasteiger partial charge in [0.1, 0.15) is 10.3 Å². The summed E-state index contributed by atoms with van der Waals surface area (Å²) in [4.78, 5) is 16.4. The molecule has 1 aromatic carbocycles. The Hall–Kier alpha value is -1.81. The van der Waals surface area contributed by atoms with Crippen LogP contribution in [0, 0.1) is 0 Å². The third-order valence-corrected chi connectivity index (χ3v) is 4.54. The van der Waals surface area contributed by atoms with Crippen molar-refractivity contribution >= 4 is 16.6 Å². The fraction of sp³-hybridized carbons (Fsp3) is 0.200. The van der Waals surface area contributed by atoms with Crippen LogP contribution in [0.4, 0.5) is 0 Å². The van der Waals surface area contributed by atoms with E-state index in [1.807, 2.05) is 25.1 Å². The number of aromatic nitrogens is 1. The van der Waals surface area contributed by atoms with Gasteiger partial charge in [0.2, 0.25) is 0 Å². The van der Waals surface area contributed by atoms with Crippen molar-refractivity contribution in [3.63, 3.8) is 0 Å². The first kappa shape index (κ1) is 13.6. The quantitative estimate of drug-likeness (QED) is 0.787. The lowest BCUT2D eigenvalue weighted by Crippen LogP contribution is -2.26. The second-order valence-corrected chi connectivity index (χ2v) is 5.67. The standard InChI is InChI=1S/C15H15NO2S/c1-2-13(15(17)12-8-4-3-5-9-12)19(18)14-10-6-7-11-16-14/h3-11,13H,2H2,1H3. The molecule has 1 heterocycles. The largest absolute Gasteiger partial charge is 0.293 e.